The number of halogens is 2. The fourth-order valence-electron chi connectivity index (χ4n) is 4.18. The highest BCUT2D eigenvalue weighted by Crippen LogP contribution is 2.32. The van der Waals surface area contributed by atoms with Crippen molar-refractivity contribution in [3.8, 4) is 22.5 Å². The molecule has 0 radical (unpaired) electrons. The summed E-state index contributed by atoms with van der Waals surface area (Å²) in [6.07, 6.45) is 1.96. The number of rotatable bonds is 2. The Kier molecular flexibility index (Phi) is 6.65. The number of nitrogens with one attached hydrogen (secondary N) is 1. The summed E-state index contributed by atoms with van der Waals surface area (Å²) in [6, 6.07) is 11.3. The van der Waals surface area contributed by atoms with Gasteiger partial charge in [0.2, 0.25) is 5.95 Å². The number of hydrogen-bond acceptors (Lipinski definition) is 5. The fraction of sp³-hybridized carbons (Fsp3) is 0.320. The molecule has 8 heteroatoms. The fourth-order valence-corrected chi connectivity index (χ4v) is 4.18. The van der Waals surface area contributed by atoms with Crippen molar-refractivity contribution in [1.82, 2.24) is 20.2 Å². The van der Waals surface area contributed by atoms with Crippen LogP contribution in [0, 0.1) is 17.7 Å². The molecule has 2 aliphatic rings. The van der Waals surface area contributed by atoms with E-state index in [0.29, 0.717) is 24.1 Å². The van der Waals surface area contributed by atoms with Crippen molar-refractivity contribution in [2.75, 3.05) is 32.4 Å². The maximum atomic E-state index is 14.7. The maximum absolute atomic E-state index is 14.7. The van der Waals surface area contributed by atoms with Crippen LogP contribution in [-0.2, 0) is 6.42 Å². The quantitative estimate of drug-likeness (QED) is 0.617. The molecule has 1 amide bonds. The Balaban J connectivity index is 0.000000318. The molecule has 2 aliphatic heterocycles. The van der Waals surface area contributed by atoms with E-state index >= 15 is 0 Å². The third-order valence-corrected chi connectivity index (χ3v) is 5.93. The monoisotopic (exact) mass is 451 g/mol. The SMILES string of the molecule is CC1CCN(C)C1.Nc1nc(F)c(-c2ccccc2)nc1-c1cc2c(cc1F)C(=O)NCC2. The number of likely N-dealkylation sites (tertiary alicyclic amines) is 1. The Morgan fingerprint density at radius 1 is 1.09 bits per heavy atom. The van der Waals surface area contributed by atoms with Crippen LogP contribution in [0.5, 0.6) is 0 Å². The number of anilines is 1. The number of nitrogen functional groups attached to an aromatic ring is 1. The van der Waals surface area contributed by atoms with Crippen LogP contribution < -0.4 is 11.1 Å². The third kappa shape index (κ3) is 5.01. The second-order valence-electron chi connectivity index (χ2n) is 8.61. The van der Waals surface area contributed by atoms with Crippen LogP contribution in [0.3, 0.4) is 0 Å². The van der Waals surface area contributed by atoms with Gasteiger partial charge in [-0.2, -0.15) is 9.37 Å². The average Bonchev–Trinajstić information content (AvgIpc) is 3.18. The zero-order valence-corrected chi connectivity index (χ0v) is 18.7. The molecule has 1 aromatic heterocycles. The summed E-state index contributed by atoms with van der Waals surface area (Å²) in [5.41, 5.74) is 7.44. The van der Waals surface area contributed by atoms with Gasteiger partial charge in [-0.3, -0.25) is 4.79 Å². The van der Waals surface area contributed by atoms with Crippen LogP contribution in [0.2, 0.25) is 0 Å². The van der Waals surface area contributed by atoms with Crippen LogP contribution in [0.4, 0.5) is 14.6 Å². The summed E-state index contributed by atoms with van der Waals surface area (Å²) >= 11 is 0. The lowest BCUT2D eigenvalue weighted by Gasteiger charge is -2.18. The maximum Gasteiger partial charge on any atom is 0.251 e. The van der Waals surface area contributed by atoms with Gasteiger partial charge in [0.1, 0.15) is 17.2 Å². The van der Waals surface area contributed by atoms with Gasteiger partial charge in [0.15, 0.2) is 5.82 Å². The second-order valence-corrected chi connectivity index (χ2v) is 8.61. The summed E-state index contributed by atoms with van der Waals surface area (Å²) in [5, 5.41) is 2.67. The smallest absolute Gasteiger partial charge is 0.251 e. The molecule has 6 nitrogen and oxygen atoms in total. The lowest BCUT2D eigenvalue weighted by Crippen LogP contribution is -2.32. The first-order chi connectivity index (χ1) is 15.8. The Hall–Kier alpha value is -3.39. The molecule has 5 rings (SSSR count). The largest absolute Gasteiger partial charge is 0.382 e. The molecule has 0 aliphatic carbocycles. The predicted octanol–water partition coefficient (Wildman–Crippen LogP) is 3.91. The highest BCUT2D eigenvalue weighted by Gasteiger charge is 2.23. The van der Waals surface area contributed by atoms with E-state index in [-0.39, 0.29) is 34.2 Å². The first-order valence-corrected chi connectivity index (χ1v) is 11.0. The molecule has 33 heavy (non-hydrogen) atoms. The molecule has 172 valence electrons. The summed E-state index contributed by atoms with van der Waals surface area (Å²) < 4.78 is 28.9. The lowest BCUT2D eigenvalue weighted by atomic mass is 9.96. The summed E-state index contributed by atoms with van der Waals surface area (Å²) in [4.78, 5) is 22.2. The normalized spacial score (nSPS) is 17.7. The Bertz CT molecular complexity index is 1160. The first-order valence-electron chi connectivity index (χ1n) is 11.0. The number of nitrogens with two attached hydrogens (primary N) is 1. The van der Waals surface area contributed by atoms with E-state index in [4.69, 9.17) is 5.73 Å². The molecular weight excluding hydrogens is 424 g/mol. The minimum atomic E-state index is -0.824. The molecule has 1 atom stereocenters. The van der Waals surface area contributed by atoms with Gasteiger partial charge in [0, 0.05) is 29.8 Å². The number of amides is 1. The van der Waals surface area contributed by atoms with Crippen LogP contribution in [0.1, 0.15) is 29.3 Å². The van der Waals surface area contributed by atoms with E-state index in [1.807, 2.05) is 0 Å². The number of fused-ring (bicyclic) bond motifs is 1. The van der Waals surface area contributed by atoms with E-state index in [2.05, 4.69) is 34.2 Å². The molecule has 0 bridgehead atoms. The molecule has 3 aromatic rings. The van der Waals surface area contributed by atoms with E-state index in [9.17, 15) is 13.6 Å². The van der Waals surface area contributed by atoms with Crippen LogP contribution in [0.15, 0.2) is 42.5 Å². The molecule has 2 aromatic carbocycles. The molecule has 0 saturated carbocycles. The van der Waals surface area contributed by atoms with Gasteiger partial charge in [-0.15, -0.1) is 0 Å². The average molecular weight is 452 g/mol. The highest BCUT2D eigenvalue weighted by molar-refractivity contribution is 5.97. The van der Waals surface area contributed by atoms with Gasteiger partial charge >= 0.3 is 0 Å². The van der Waals surface area contributed by atoms with Crippen molar-refractivity contribution in [3.63, 3.8) is 0 Å². The Labute approximate surface area is 191 Å². The molecule has 0 spiro atoms. The van der Waals surface area contributed by atoms with Crippen LogP contribution >= 0.6 is 0 Å². The number of nitrogens with zero attached hydrogens (tertiary/aromatic N) is 3. The number of benzene rings is 2. The van der Waals surface area contributed by atoms with Crippen molar-refractivity contribution < 1.29 is 13.6 Å². The summed E-state index contributed by atoms with van der Waals surface area (Å²) in [7, 11) is 2.18. The molecule has 3 heterocycles. The third-order valence-electron chi connectivity index (χ3n) is 5.93. The van der Waals surface area contributed by atoms with Gasteiger partial charge in [0.05, 0.1) is 0 Å². The number of hydrogen-bond donors (Lipinski definition) is 2. The van der Waals surface area contributed by atoms with Crippen molar-refractivity contribution >= 4 is 11.7 Å². The van der Waals surface area contributed by atoms with E-state index in [1.54, 1.807) is 30.3 Å². The van der Waals surface area contributed by atoms with Crippen LogP contribution in [0.25, 0.3) is 22.5 Å². The minimum Gasteiger partial charge on any atom is -0.382 e. The van der Waals surface area contributed by atoms with Crippen molar-refractivity contribution in [3.05, 3.63) is 65.4 Å². The van der Waals surface area contributed by atoms with E-state index in [1.165, 1.54) is 25.6 Å². The predicted molar refractivity (Wildman–Crippen MR) is 125 cm³/mol. The van der Waals surface area contributed by atoms with Gasteiger partial charge in [-0.1, -0.05) is 37.3 Å². The van der Waals surface area contributed by atoms with Gasteiger partial charge in [-0.05, 0) is 50.0 Å². The first kappa shape index (κ1) is 22.8. The van der Waals surface area contributed by atoms with E-state index in [0.717, 1.165) is 12.0 Å². The van der Waals surface area contributed by atoms with Gasteiger partial charge < -0.3 is 16.0 Å². The topological polar surface area (TPSA) is 84.1 Å². The Morgan fingerprint density at radius 3 is 2.48 bits per heavy atom. The van der Waals surface area contributed by atoms with Crippen molar-refractivity contribution in [1.29, 1.82) is 0 Å². The zero-order valence-electron chi connectivity index (χ0n) is 18.7. The molecule has 1 fully saturated rings. The lowest BCUT2D eigenvalue weighted by molar-refractivity contribution is 0.0945. The Morgan fingerprint density at radius 2 is 1.85 bits per heavy atom. The summed E-state index contributed by atoms with van der Waals surface area (Å²) in [6.45, 7) is 5.39. The zero-order chi connectivity index (χ0) is 23.5. The van der Waals surface area contributed by atoms with Crippen LogP contribution in [-0.4, -0.2) is 47.5 Å². The van der Waals surface area contributed by atoms with Crippen molar-refractivity contribution in [2.24, 2.45) is 5.92 Å². The standard InChI is InChI=1S/C19H14F2N4O.C6H13N/c20-14-9-12-11(6-7-23-19(12)26)8-13(14)16-18(22)25-17(21)15(24-16)10-4-2-1-3-5-10;1-6-3-4-7(2)5-6/h1-5,8-9H,6-7H2,(H2,22,25)(H,23,26);6H,3-5H2,1-2H3. The minimum absolute atomic E-state index is 0.00957. The summed E-state index contributed by atoms with van der Waals surface area (Å²) in [5.74, 6) is -1.06. The second kappa shape index (κ2) is 9.62. The van der Waals surface area contributed by atoms with Gasteiger partial charge in [0.25, 0.3) is 5.91 Å². The number of aromatic nitrogens is 2. The molecule has 1 saturated heterocycles. The molecule has 1 unspecified atom stereocenters. The highest BCUT2D eigenvalue weighted by atomic mass is 19.1. The van der Waals surface area contributed by atoms with E-state index < -0.39 is 11.8 Å². The number of carbonyl (C=O) groups is 1. The number of carbonyl (C=O) groups excluding carboxylic acids is 1. The molecular formula is C25H27F2N5O. The van der Waals surface area contributed by atoms with Crippen molar-refractivity contribution in [2.45, 2.75) is 19.8 Å². The molecule has 3 N–H and O–H groups in total. The van der Waals surface area contributed by atoms with Gasteiger partial charge in [-0.25, -0.2) is 9.37 Å².